The summed E-state index contributed by atoms with van der Waals surface area (Å²) in [6.45, 7) is 0.458. The van der Waals surface area contributed by atoms with Crippen LogP contribution in [0.1, 0.15) is 5.56 Å². The van der Waals surface area contributed by atoms with Crippen molar-refractivity contribution in [3.05, 3.63) is 29.1 Å². The van der Waals surface area contributed by atoms with Gasteiger partial charge in [-0.15, -0.1) is 5.21 Å². The Bertz CT molecular complexity index is 472. The van der Waals surface area contributed by atoms with Crippen LogP contribution >= 0.6 is 0 Å². The molecule has 0 saturated heterocycles. The molecule has 1 aromatic heterocycles. The Balaban J connectivity index is 2.06. The van der Waals surface area contributed by atoms with E-state index >= 15 is 0 Å². The van der Waals surface area contributed by atoms with Crippen molar-refractivity contribution in [2.45, 2.75) is 6.54 Å². The second-order valence-corrected chi connectivity index (χ2v) is 3.22. The maximum atomic E-state index is 5.20. The van der Waals surface area contributed by atoms with Crippen LogP contribution in [0.2, 0.25) is 0 Å². The molecule has 0 spiro atoms. The van der Waals surface area contributed by atoms with Crippen molar-refractivity contribution in [1.82, 2.24) is 20.6 Å². The quantitative estimate of drug-likeness (QED) is 0.845. The Labute approximate surface area is 98.1 Å². The number of nitrogens with zero attached hydrogens (tertiary/aromatic N) is 4. The van der Waals surface area contributed by atoms with E-state index in [-0.39, 0.29) is 0 Å². The van der Waals surface area contributed by atoms with E-state index in [1.54, 1.807) is 14.2 Å². The Morgan fingerprint density at radius 1 is 1.24 bits per heavy atom. The van der Waals surface area contributed by atoms with Crippen molar-refractivity contribution >= 4 is 5.95 Å². The van der Waals surface area contributed by atoms with Crippen molar-refractivity contribution in [2.24, 2.45) is 0 Å². The highest BCUT2D eigenvalue weighted by Crippen LogP contribution is 2.28. The molecule has 0 radical (unpaired) electrons. The maximum Gasteiger partial charge on any atom is 0.161 e. The van der Waals surface area contributed by atoms with E-state index in [2.05, 4.69) is 25.9 Å². The van der Waals surface area contributed by atoms with E-state index in [4.69, 9.17) is 9.47 Å². The van der Waals surface area contributed by atoms with Crippen LogP contribution in [-0.2, 0) is 6.54 Å². The zero-order chi connectivity index (χ0) is 12.1. The molecule has 0 bridgehead atoms. The zero-order valence-corrected chi connectivity index (χ0v) is 9.54. The predicted octanol–water partition coefficient (Wildman–Crippen LogP) is 1.42. The molecule has 0 unspecified atom stereocenters. The Hall–Kier alpha value is -2.31. The number of tetrazole rings is 1. The first kappa shape index (κ1) is 11.2. The van der Waals surface area contributed by atoms with Gasteiger partial charge in [-0.1, -0.05) is 6.07 Å². The zero-order valence-electron chi connectivity index (χ0n) is 9.54. The summed E-state index contributed by atoms with van der Waals surface area (Å²) in [6.07, 6.45) is 0. The van der Waals surface area contributed by atoms with Crippen LogP contribution in [0.4, 0.5) is 5.95 Å². The molecular weight excluding hydrogens is 222 g/mol. The molecule has 0 amide bonds. The standard InChI is InChI=1S/C10H12N5O2/c1-16-8-4-3-7(5-9(8)17-2)6-11-10-12-14-15-13-10/h3-5H,6H2,1-2H3,(H-,11,12,13,14,15)/q-1. The third-order valence-corrected chi connectivity index (χ3v) is 2.19. The molecule has 0 aliphatic rings. The summed E-state index contributed by atoms with van der Waals surface area (Å²) in [5.41, 5.74) is 0.979. The lowest BCUT2D eigenvalue weighted by Gasteiger charge is -2.11. The number of benzene rings is 1. The predicted molar refractivity (Wildman–Crippen MR) is 60.4 cm³/mol. The van der Waals surface area contributed by atoms with Gasteiger partial charge in [-0.05, 0) is 17.7 Å². The fourth-order valence-electron chi connectivity index (χ4n) is 1.36. The average Bonchev–Trinajstić information content (AvgIpc) is 2.89. The van der Waals surface area contributed by atoms with Crippen LogP contribution in [0, 0.1) is 0 Å². The summed E-state index contributed by atoms with van der Waals surface area (Å²) in [4.78, 5) is 0. The summed E-state index contributed by atoms with van der Waals surface area (Å²) in [6, 6.07) is 5.60. The van der Waals surface area contributed by atoms with Crippen LogP contribution in [0.5, 0.6) is 11.5 Å². The number of aromatic amines is 1. The van der Waals surface area contributed by atoms with Gasteiger partial charge >= 0.3 is 0 Å². The van der Waals surface area contributed by atoms with Crippen LogP contribution in [-0.4, -0.2) is 34.8 Å². The molecule has 7 heteroatoms. The number of ether oxygens (including phenoxy) is 2. The molecule has 1 heterocycles. The highest BCUT2D eigenvalue weighted by atomic mass is 16.5. The van der Waals surface area contributed by atoms with Crippen molar-refractivity contribution < 1.29 is 9.47 Å². The first-order valence-electron chi connectivity index (χ1n) is 4.95. The van der Waals surface area contributed by atoms with Gasteiger partial charge in [0.15, 0.2) is 11.5 Å². The van der Waals surface area contributed by atoms with Crippen LogP contribution in [0.3, 0.4) is 0 Å². The number of H-pyrrole nitrogens is 1. The van der Waals surface area contributed by atoms with Gasteiger partial charge in [-0.25, -0.2) is 0 Å². The van der Waals surface area contributed by atoms with Gasteiger partial charge in [-0.2, -0.15) is 0 Å². The Morgan fingerprint density at radius 2 is 2.06 bits per heavy atom. The highest BCUT2D eigenvalue weighted by molar-refractivity contribution is 5.44. The summed E-state index contributed by atoms with van der Waals surface area (Å²) in [7, 11) is 3.19. The highest BCUT2D eigenvalue weighted by Gasteiger charge is 2.03. The number of aromatic nitrogens is 4. The molecule has 0 saturated carbocycles. The van der Waals surface area contributed by atoms with Crippen molar-refractivity contribution in [3.8, 4) is 11.5 Å². The Morgan fingerprint density at radius 3 is 2.71 bits per heavy atom. The largest absolute Gasteiger partial charge is 0.493 e. The summed E-state index contributed by atoms with van der Waals surface area (Å²) >= 11 is 0. The minimum absolute atomic E-state index is 0.333. The number of rotatable bonds is 5. The lowest BCUT2D eigenvalue weighted by atomic mass is 10.2. The Kier molecular flexibility index (Phi) is 3.39. The lowest BCUT2D eigenvalue weighted by Crippen LogP contribution is -1.92. The van der Waals surface area contributed by atoms with E-state index in [1.807, 2.05) is 18.2 Å². The van der Waals surface area contributed by atoms with E-state index in [0.29, 0.717) is 24.0 Å². The smallest absolute Gasteiger partial charge is 0.161 e. The topological polar surface area (TPSA) is 87.0 Å². The second kappa shape index (κ2) is 5.15. The molecule has 0 aliphatic heterocycles. The third kappa shape index (κ3) is 2.63. The van der Waals surface area contributed by atoms with Gasteiger partial charge in [-0.3, -0.25) is 15.4 Å². The van der Waals surface area contributed by atoms with Crippen molar-refractivity contribution in [1.29, 1.82) is 0 Å². The molecule has 7 nitrogen and oxygen atoms in total. The van der Waals surface area contributed by atoms with Gasteiger partial charge in [0, 0.05) is 6.54 Å². The van der Waals surface area contributed by atoms with E-state index < -0.39 is 0 Å². The molecule has 1 N–H and O–H groups in total. The maximum absolute atomic E-state index is 5.20. The first-order chi connectivity index (χ1) is 8.33. The minimum Gasteiger partial charge on any atom is -0.493 e. The lowest BCUT2D eigenvalue weighted by molar-refractivity contribution is 0.354. The molecule has 1 aromatic carbocycles. The van der Waals surface area contributed by atoms with Gasteiger partial charge < -0.3 is 14.8 Å². The molecule has 17 heavy (non-hydrogen) atoms. The van der Waals surface area contributed by atoms with Crippen molar-refractivity contribution in [2.75, 3.05) is 14.2 Å². The summed E-state index contributed by atoms with van der Waals surface area (Å²) in [5, 5.41) is 17.4. The molecule has 0 aliphatic carbocycles. The number of methoxy groups -OCH3 is 2. The number of nitrogens with one attached hydrogen (secondary N) is 1. The van der Waals surface area contributed by atoms with Gasteiger partial charge in [0.2, 0.25) is 0 Å². The minimum atomic E-state index is 0.333. The molecular formula is C10H12N5O2-. The number of hydrogen-bond donors (Lipinski definition) is 1. The normalized spacial score (nSPS) is 10.0. The van der Waals surface area contributed by atoms with Gasteiger partial charge in [0.25, 0.3) is 0 Å². The van der Waals surface area contributed by atoms with Crippen LogP contribution in [0.15, 0.2) is 18.2 Å². The fraction of sp³-hybridized carbons (Fsp3) is 0.300. The van der Waals surface area contributed by atoms with E-state index in [1.165, 1.54) is 0 Å². The summed E-state index contributed by atoms with van der Waals surface area (Å²) in [5.74, 6) is 1.70. The second-order valence-electron chi connectivity index (χ2n) is 3.22. The van der Waals surface area contributed by atoms with Crippen LogP contribution < -0.4 is 9.47 Å². The van der Waals surface area contributed by atoms with Crippen molar-refractivity contribution in [3.63, 3.8) is 0 Å². The van der Waals surface area contributed by atoms with E-state index in [0.717, 1.165) is 5.56 Å². The molecule has 0 atom stereocenters. The van der Waals surface area contributed by atoms with Gasteiger partial charge in [0.05, 0.1) is 20.2 Å². The molecule has 0 fully saturated rings. The van der Waals surface area contributed by atoms with Crippen LogP contribution in [0.25, 0.3) is 5.32 Å². The molecule has 2 aromatic rings. The first-order valence-corrected chi connectivity index (χ1v) is 4.95. The SMILES string of the molecule is COc1ccc(C[N-]c2nn[nH]n2)cc1OC. The fourth-order valence-corrected chi connectivity index (χ4v) is 1.36. The monoisotopic (exact) mass is 234 g/mol. The number of hydrogen-bond acceptors (Lipinski definition) is 5. The third-order valence-electron chi connectivity index (χ3n) is 2.19. The summed E-state index contributed by atoms with van der Waals surface area (Å²) < 4.78 is 10.3. The molecule has 2 rings (SSSR count). The van der Waals surface area contributed by atoms with E-state index in [9.17, 15) is 0 Å². The average molecular weight is 234 g/mol. The van der Waals surface area contributed by atoms with Gasteiger partial charge in [0.1, 0.15) is 0 Å². The molecule has 90 valence electrons.